The fourth-order valence-electron chi connectivity index (χ4n) is 3.34. The van der Waals surface area contributed by atoms with Crippen molar-refractivity contribution in [3.8, 4) is 5.75 Å². The Morgan fingerprint density at radius 1 is 1.24 bits per heavy atom. The van der Waals surface area contributed by atoms with E-state index in [2.05, 4.69) is 15.7 Å². The van der Waals surface area contributed by atoms with Gasteiger partial charge in [0.2, 0.25) is 5.91 Å². The smallest absolute Gasteiger partial charge is 0.296 e. The molecule has 1 heterocycles. The third kappa shape index (κ3) is 5.46. The van der Waals surface area contributed by atoms with Crippen LogP contribution in [0.5, 0.6) is 5.75 Å². The van der Waals surface area contributed by atoms with Crippen molar-refractivity contribution in [2.24, 2.45) is 0 Å². The van der Waals surface area contributed by atoms with Gasteiger partial charge < -0.3 is 19.9 Å². The SMILES string of the molecule is CCn1c(CNC(=O)c2ccccc2C)nn(CC(=O)Nc2ccc(OC)cc2[N+](=O)[O-])c1=S. The van der Waals surface area contributed by atoms with Gasteiger partial charge in [-0.05, 0) is 49.8 Å². The van der Waals surface area contributed by atoms with Crippen LogP contribution >= 0.6 is 12.2 Å². The van der Waals surface area contributed by atoms with Crippen LogP contribution in [0.4, 0.5) is 11.4 Å². The van der Waals surface area contributed by atoms with Crippen molar-refractivity contribution in [2.45, 2.75) is 33.5 Å². The highest BCUT2D eigenvalue weighted by molar-refractivity contribution is 7.71. The number of nitro benzene ring substituents is 1. The minimum atomic E-state index is -0.606. The van der Waals surface area contributed by atoms with E-state index in [9.17, 15) is 19.7 Å². The maximum Gasteiger partial charge on any atom is 0.296 e. The highest BCUT2D eigenvalue weighted by Gasteiger charge is 2.19. The Kier molecular flexibility index (Phi) is 7.74. The number of anilines is 1. The van der Waals surface area contributed by atoms with E-state index in [4.69, 9.17) is 17.0 Å². The first kappa shape index (κ1) is 24.6. The van der Waals surface area contributed by atoms with Gasteiger partial charge in [-0.15, -0.1) is 0 Å². The first-order valence-electron chi connectivity index (χ1n) is 10.4. The summed E-state index contributed by atoms with van der Waals surface area (Å²) in [6.07, 6.45) is 0. The molecule has 0 saturated carbocycles. The van der Waals surface area contributed by atoms with E-state index in [1.807, 2.05) is 26.0 Å². The standard InChI is InChI=1S/C22H24N6O5S/c1-4-26-19(12-23-21(30)16-8-6-5-7-14(16)2)25-27(22(26)34)13-20(29)24-17-10-9-15(33-3)11-18(17)28(31)32/h5-11H,4,12-13H2,1-3H3,(H,23,30)(H,24,29). The van der Waals surface area contributed by atoms with Crippen LogP contribution < -0.4 is 15.4 Å². The van der Waals surface area contributed by atoms with Gasteiger partial charge in [-0.2, -0.15) is 5.10 Å². The van der Waals surface area contributed by atoms with E-state index in [0.29, 0.717) is 28.5 Å². The lowest BCUT2D eigenvalue weighted by Gasteiger charge is -2.08. The van der Waals surface area contributed by atoms with E-state index in [-0.39, 0.29) is 30.4 Å². The number of nitro groups is 1. The molecule has 0 aliphatic carbocycles. The summed E-state index contributed by atoms with van der Waals surface area (Å²) in [5.41, 5.74) is 1.14. The normalized spacial score (nSPS) is 10.6. The van der Waals surface area contributed by atoms with E-state index in [0.717, 1.165) is 5.56 Å². The highest BCUT2D eigenvalue weighted by Crippen LogP contribution is 2.28. The Labute approximate surface area is 200 Å². The van der Waals surface area contributed by atoms with Gasteiger partial charge >= 0.3 is 0 Å². The van der Waals surface area contributed by atoms with Crippen molar-refractivity contribution in [3.05, 3.63) is 74.3 Å². The number of rotatable bonds is 9. The summed E-state index contributed by atoms with van der Waals surface area (Å²) < 4.78 is 8.32. The zero-order chi connectivity index (χ0) is 24.8. The summed E-state index contributed by atoms with van der Waals surface area (Å²) in [7, 11) is 1.39. The summed E-state index contributed by atoms with van der Waals surface area (Å²) in [6, 6.07) is 11.4. The zero-order valence-corrected chi connectivity index (χ0v) is 19.7. The molecule has 0 saturated heterocycles. The molecule has 0 radical (unpaired) electrons. The van der Waals surface area contributed by atoms with Crippen molar-refractivity contribution in [2.75, 3.05) is 12.4 Å². The van der Waals surface area contributed by atoms with Crippen LogP contribution in [-0.4, -0.2) is 38.2 Å². The van der Waals surface area contributed by atoms with Crippen molar-refractivity contribution in [1.29, 1.82) is 0 Å². The maximum atomic E-state index is 12.6. The van der Waals surface area contributed by atoms with E-state index < -0.39 is 10.8 Å². The summed E-state index contributed by atoms with van der Waals surface area (Å²) in [4.78, 5) is 35.9. The van der Waals surface area contributed by atoms with Crippen LogP contribution in [0.1, 0.15) is 28.7 Å². The zero-order valence-electron chi connectivity index (χ0n) is 18.9. The molecule has 3 rings (SSSR count). The van der Waals surface area contributed by atoms with Gasteiger partial charge in [0.15, 0.2) is 10.6 Å². The number of hydrogen-bond donors (Lipinski definition) is 2. The monoisotopic (exact) mass is 484 g/mol. The number of carbonyl (C=O) groups is 2. The molecule has 0 atom stereocenters. The lowest BCUT2D eigenvalue weighted by Crippen LogP contribution is -2.25. The van der Waals surface area contributed by atoms with Gasteiger partial charge in [-0.25, -0.2) is 4.68 Å². The van der Waals surface area contributed by atoms with Crippen molar-refractivity contribution in [1.82, 2.24) is 19.7 Å². The third-order valence-electron chi connectivity index (χ3n) is 5.08. The summed E-state index contributed by atoms with van der Waals surface area (Å²) >= 11 is 5.44. The molecule has 12 heteroatoms. The Hall–Kier alpha value is -4.06. The van der Waals surface area contributed by atoms with Crippen molar-refractivity contribution < 1.29 is 19.2 Å². The topological polar surface area (TPSA) is 133 Å². The highest BCUT2D eigenvalue weighted by atomic mass is 32.1. The molecule has 2 N–H and O–H groups in total. The van der Waals surface area contributed by atoms with Gasteiger partial charge in [0.1, 0.15) is 18.0 Å². The summed E-state index contributed by atoms with van der Waals surface area (Å²) in [6.45, 7) is 4.06. The second kappa shape index (κ2) is 10.7. The predicted octanol–water partition coefficient (Wildman–Crippen LogP) is 3.23. The Morgan fingerprint density at radius 3 is 2.62 bits per heavy atom. The molecule has 0 bridgehead atoms. The molecule has 34 heavy (non-hydrogen) atoms. The molecular weight excluding hydrogens is 460 g/mol. The Morgan fingerprint density at radius 2 is 1.97 bits per heavy atom. The van der Waals surface area contributed by atoms with E-state index >= 15 is 0 Å². The summed E-state index contributed by atoms with van der Waals surface area (Å²) in [5, 5.41) is 21.1. The largest absolute Gasteiger partial charge is 0.496 e. The van der Waals surface area contributed by atoms with Crippen LogP contribution in [0.15, 0.2) is 42.5 Å². The lowest BCUT2D eigenvalue weighted by molar-refractivity contribution is -0.384. The minimum absolute atomic E-state index is 0.0305. The van der Waals surface area contributed by atoms with Gasteiger partial charge in [-0.1, -0.05) is 18.2 Å². The van der Waals surface area contributed by atoms with Crippen LogP contribution in [-0.2, 0) is 24.4 Å². The van der Waals surface area contributed by atoms with Crippen molar-refractivity contribution in [3.63, 3.8) is 0 Å². The van der Waals surface area contributed by atoms with Gasteiger partial charge in [-0.3, -0.25) is 19.7 Å². The van der Waals surface area contributed by atoms with Crippen LogP contribution in [0.25, 0.3) is 0 Å². The number of ether oxygens (including phenoxy) is 1. The Balaban J connectivity index is 1.74. The Bertz CT molecular complexity index is 1300. The number of nitrogens with zero attached hydrogens (tertiary/aromatic N) is 4. The number of methoxy groups -OCH3 is 1. The fourth-order valence-corrected chi connectivity index (χ4v) is 3.68. The van der Waals surface area contributed by atoms with Crippen LogP contribution in [0, 0.1) is 21.8 Å². The van der Waals surface area contributed by atoms with Gasteiger partial charge in [0, 0.05) is 12.1 Å². The minimum Gasteiger partial charge on any atom is -0.496 e. The number of aryl methyl sites for hydroxylation is 1. The lowest BCUT2D eigenvalue weighted by atomic mass is 10.1. The predicted molar refractivity (Wildman–Crippen MR) is 127 cm³/mol. The van der Waals surface area contributed by atoms with Gasteiger partial charge in [0.25, 0.3) is 11.6 Å². The molecule has 2 amide bonds. The molecule has 11 nitrogen and oxygen atoms in total. The third-order valence-corrected chi connectivity index (χ3v) is 5.51. The van der Waals surface area contributed by atoms with Crippen molar-refractivity contribution >= 4 is 35.4 Å². The number of benzene rings is 2. The first-order valence-corrected chi connectivity index (χ1v) is 10.8. The fraction of sp³-hybridized carbons (Fsp3) is 0.273. The second-order valence-electron chi connectivity index (χ2n) is 7.29. The quantitative estimate of drug-likeness (QED) is 0.271. The van der Waals surface area contributed by atoms with Crippen LogP contribution in [0.2, 0.25) is 0 Å². The molecule has 0 spiro atoms. The second-order valence-corrected chi connectivity index (χ2v) is 7.65. The average Bonchev–Trinajstić information content (AvgIpc) is 3.11. The number of hydrogen-bond acceptors (Lipinski definition) is 7. The molecule has 0 aliphatic heterocycles. The summed E-state index contributed by atoms with van der Waals surface area (Å²) in [5.74, 6) is -0.00458. The van der Waals surface area contributed by atoms with E-state index in [1.165, 1.54) is 30.0 Å². The number of aromatic nitrogens is 3. The molecule has 0 fully saturated rings. The average molecular weight is 485 g/mol. The van der Waals surface area contributed by atoms with E-state index in [1.54, 1.807) is 16.7 Å². The molecule has 1 aromatic heterocycles. The molecule has 2 aromatic carbocycles. The number of carbonyl (C=O) groups excluding carboxylic acids is 2. The maximum absolute atomic E-state index is 12.6. The van der Waals surface area contributed by atoms with Crippen LogP contribution in [0.3, 0.4) is 0 Å². The molecular formula is C22H24N6O5S. The molecule has 3 aromatic rings. The molecule has 0 aliphatic rings. The number of nitrogens with one attached hydrogen (secondary N) is 2. The molecule has 178 valence electrons. The number of amides is 2. The van der Waals surface area contributed by atoms with Gasteiger partial charge in [0.05, 0.1) is 24.6 Å². The molecule has 0 unspecified atom stereocenters. The first-order chi connectivity index (χ1) is 16.2.